The second-order valence-electron chi connectivity index (χ2n) is 10.1. The first-order chi connectivity index (χ1) is 17.1. The fourth-order valence-electron chi connectivity index (χ4n) is 6.10. The zero-order valence-corrected chi connectivity index (χ0v) is 20.9. The molecular formula is C31H38O4. The van der Waals surface area contributed by atoms with Crippen LogP contribution in [0.15, 0.2) is 67.8 Å². The highest BCUT2D eigenvalue weighted by molar-refractivity contribution is 5.83. The maximum Gasteiger partial charge on any atom is 0.335 e. The normalized spacial score (nSPS) is 24.4. The zero-order valence-electron chi connectivity index (χ0n) is 20.9. The number of hydrogen-bond donors (Lipinski definition) is 0. The quantitative estimate of drug-likeness (QED) is 0.0706. The van der Waals surface area contributed by atoms with Crippen LogP contribution in [0.5, 0.6) is 11.5 Å². The van der Waals surface area contributed by atoms with Gasteiger partial charge in [-0.15, -0.1) is 6.58 Å². The van der Waals surface area contributed by atoms with Crippen LogP contribution < -0.4 is 9.62 Å². The lowest BCUT2D eigenvalue weighted by Gasteiger charge is -2.38. The molecule has 4 rings (SSSR count). The topological polar surface area (TPSA) is 44.8 Å². The summed E-state index contributed by atoms with van der Waals surface area (Å²) in [6.07, 6.45) is 13.3. The molecule has 2 saturated carbocycles. The summed E-state index contributed by atoms with van der Waals surface area (Å²) in [5.74, 6) is 3.92. The van der Waals surface area contributed by atoms with Gasteiger partial charge in [-0.3, -0.25) is 0 Å². The molecule has 0 radical (unpaired) electrons. The van der Waals surface area contributed by atoms with E-state index in [0.29, 0.717) is 24.2 Å². The molecule has 0 aromatic heterocycles. The molecule has 2 fully saturated rings. The van der Waals surface area contributed by atoms with Gasteiger partial charge in [-0.25, -0.2) is 4.79 Å². The van der Waals surface area contributed by atoms with Crippen LogP contribution in [0.4, 0.5) is 0 Å². The van der Waals surface area contributed by atoms with Gasteiger partial charge in [-0.2, -0.15) is 4.89 Å². The molecule has 0 atom stereocenters. The van der Waals surface area contributed by atoms with E-state index in [1.54, 1.807) is 6.08 Å². The van der Waals surface area contributed by atoms with Gasteiger partial charge < -0.3 is 9.62 Å². The Morgan fingerprint density at radius 1 is 0.857 bits per heavy atom. The van der Waals surface area contributed by atoms with E-state index in [4.69, 9.17) is 14.5 Å². The summed E-state index contributed by atoms with van der Waals surface area (Å²) >= 11 is 0. The molecule has 0 N–H and O–H groups in total. The first-order valence-corrected chi connectivity index (χ1v) is 13.0. The standard InChI is InChI=1S/C31H38O4/c1-4-20-33-35-28-16-14-26(15-17-28)24-8-6-23(7-9-24)25-10-12-27(13-11-25)30-19-18-29(21-22(30)3)34-31(32)5-2/h4-5,14-19,21,23-25,27H,1-2,6-13,20H2,3H3. The Kier molecular flexibility index (Phi) is 8.81. The van der Waals surface area contributed by atoms with E-state index in [1.165, 1.54) is 74.1 Å². The SMILES string of the molecule is C=CCOOc1ccc(C2CCC(C3CCC(c4ccc(OC(=O)C=C)cc4C)CC3)CC2)cc1. The van der Waals surface area contributed by atoms with Crippen molar-refractivity contribution in [3.05, 3.63) is 84.5 Å². The number of carbonyl (C=O) groups is 1. The molecule has 4 nitrogen and oxygen atoms in total. The summed E-state index contributed by atoms with van der Waals surface area (Å²) in [7, 11) is 0. The van der Waals surface area contributed by atoms with Crippen molar-refractivity contribution in [2.75, 3.05) is 6.61 Å². The number of esters is 1. The van der Waals surface area contributed by atoms with Crippen LogP contribution in [0.3, 0.4) is 0 Å². The number of rotatable bonds is 9. The second-order valence-corrected chi connectivity index (χ2v) is 10.1. The summed E-state index contributed by atoms with van der Waals surface area (Å²) < 4.78 is 5.28. The molecule has 2 aromatic carbocycles. The number of benzene rings is 2. The van der Waals surface area contributed by atoms with Crippen molar-refractivity contribution in [2.45, 2.75) is 70.1 Å². The van der Waals surface area contributed by atoms with Gasteiger partial charge in [-0.05, 0) is 123 Å². The van der Waals surface area contributed by atoms with Crippen molar-refractivity contribution in [1.82, 2.24) is 0 Å². The van der Waals surface area contributed by atoms with Gasteiger partial charge in [0.15, 0.2) is 5.75 Å². The number of hydrogen-bond acceptors (Lipinski definition) is 4. The third-order valence-electron chi connectivity index (χ3n) is 7.97. The van der Waals surface area contributed by atoms with E-state index in [-0.39, 0.29) is 0 Å². The van der Waals surface area contributed by atoms with Crippen LogP contribution in [-0.2, 0) is 9.68 Å². The number of carbonyl (C=O) groups excluding carboxylic acids is 1. The third kappa shape index (κ3) is 6.64. The van der Waals surface area contributed by atoms with Crippen LogP contribution in [0.1, 0.15) is 79.9 Å². The van der Waals surface area contributed by atoms with E-state index < -0.39 is 5.97 Å². The molecule has 0 saturated heterocycles. The molecule has 0 heterocycles. The lowest BCUT2D eigenvalue weighted by molar-refractivity contribution is -0.195. The van der Waals surface area contributed by atoms with Crippen molar-refractivity contribution >= 4 is 5.97 Å². The summed E-state index contributed by atoms with van der Waals surface area (Å²) in [5.41, 5.74) is 4.04. The number of ether oxygens (including phenoxy) is 1. The smallest absolute Gasteiger partial charge is 0.335 e. The molecule has 2 aliphatic rings. The van der Waals surface area contributed by atoms with Crippen molar-refractivity contribution in [3.8, 4) is 11.5 Å². The Hall–Kier alpha value is -2.85. The van der Waals surface area contributed by atoms with Crippen molar-refractivity contribution in [2.24, 2.45) is 11.8 Å². The lowest BCUT2D eigenvalue weighted by Crippen LogP contribution is -2.25. The summed E-state index contributed by atoms with van der Waals surface area (Å²) in [5, 5.41) is 0. The molecule has 35 heavy (non-hydrogen) atoms. The zero-order chi connectivity index (χ0) is 24.6. The van der Waals surface area contributed by atoms with Crippen LogP contribution in [0.25, 0.3) is 0 Å². The van der Waals surface area contributed by atoms with Crippen molar-refractivity contribution in [1.29, 1.82) is 0 Å². The van der Waals surface area contributed by atoms with Crippen LogP contribution in [-0.4, -0.2) is 12.6 Å². The largest absolute Gasteiger partial charge is 0.423 e. The average Bonchev–Trinajstić information content (AvgIpc) is 2.89. The first-order valence-electron chi connectivity index (χ1n) is 13.0. The van der Waals surface area contributed by atoms with Gasteiger partial charge in [0.2, 0.25) is 0 Å². The predicted octanol–water partition coefficient (Wildman–Crippen LogP) is 7.83. The fraction of sp³-hybridized carbons (Fsp3) is 0.452. The van der Waals surface area contributed by atoms with Gasteiger partial charge in [0.1, 0.15) is 12.4 Å². The molecule has 0 spiro atoms. The Labute approximate surface area is 209 Å². The minimum absolute atomic E-state index is 0.382. The fourth-order valence-corrected chi connectivity index (χ4v) is 6.10. The molecule has 4 heteroatoms. The average molecular weight is 475 g/mol. The summed E-state index contributed by atoms with van der Waals surface area (Å²) in [6, 6.07) is 14.4. The molecule has 0 bridgehead atoms. The van der Waals surface area contributed by atoms with Gasteiger partial charge in [0.05, 0.1) is 0 Å². The minimum Gasteiger partial charge on any atom is -0.423 e. The van der Waals surface area contributed by atoms with Gasteiger partial charge in [0, 0.05) is 6.08 Å². The summed E-state index contributed by atoms with van der Waals surface area (Å²) in [4.78, 5) is 21.8. The van der Waals surface area contributed by atoms with Gasteiger partial charge in [-0.1, -0.05) is 30.9 Å². The van der Waals surface area contributed by atoms with E-state index >= 15 is 0 Å². The molecule has 2 aromatic rings. The minimum atomic E-state index is -0.410. The van der Waals surface area contributed by atoms with Crippen LogP contribution >= 0.6 is 0 Å². The Morgan fingerprint density at radius 2 is 1.46 bits per heavy atom. The van der Waals surface area contributed by atoms with Gasteiger partial charge >= 0.3 is 5.97 Å². The lowest BCUT2D eigenvalue weighted by atomic mass is 9.67. The third-order valence-corrected chi connectivity index (χ3v) is 7.97. The van der Waals surface area contributed by atoms with Crippen molar-refractivity contribution in [3.63, 3.8) is 0 Å². The monoisotopic (exact) mass is 474 g/mol. The summed E-state index contributed by atoms with van der Waals surface area (Å²) in [6.45, 7) is 9.59. The molecular weight excluding hydrogens is 436 g/mol. The van der Waals surface area contributed by atoms with Crippen molar-refractivity contribution < 1.29 is 19.3 Å². The highest BCUT2D eigenvalue weighted by atomic mass is 17.2. The Balaban J connectivity index is 1.24. The molecule has 0 unspecified atom stereocenters. The highest BCUT2D eigenvalue weighted by Crippen LogP contribution is 2.46. The molecule has 0 amide bonds. The highest BCUT2D eigenvalue weighted by Gasteiger charge is 2.32. The van der Waals surface area contributed by atoms with E-state index in [0.717, 1.165) is 17.6 Å². The Morgan fingerprint density at radius 3 is 2.03 bits per heavy atom. The Bertz CT molecular complexity index is 993. The van der Waals surface area contributed by atoms with E-state index in [9.17, 15) is 4.79 Å². The second kappa shape index (κ2) is 12.2. The molecule has 0 aliphatic heterocycles. The maximum atomic E-state index is 11.5. The van der Waals surface area contributed by atoms with E-state index in [2.05, 4.69) is 38.3 Å². The van der Waals surface area contributed by atoms with E-state index in [1.807, 2.05) is 24.3 Å². The molecule has 186 valence electrons. The van der Waals surface area contributed by atoms with Crippen LogP contribution in [0.2, 0.25) is 0 Å². The van der Waals surface area contributed by atoms with Gasteiger partial charge in [0.25, 0.3) is 0 Å². The maximum absolute atomic E-state index is 11.5. The molecule has 2 aliphatic carbocycles. The number of aryl methyl sites for hydroxylation is 1. The predicted molar refractivity (Wildman–Crippen MR) is 140 cm³/mol. The first kappa shape index (κ1) is 25.2. The van der Waals surface area contributed by atoms with Crippen LogP contribution in [0, 0.1) is 18.8 Å².